The summed E-state index contributed by atoms with van der Waals surface area (Å²) in [6.07, 6.45) is 11.4. The van der Waals surface area contributed by atoms with Crippen LogP contribution in [0.4, 0.5) is 0 Å². The average Bonchev–Trinajstić information content (AvgIpc) is 2.65. The van der Waals surface area contributed by atoms with Crippen molar-refractivity contribution >= 4 is 0 Å². The molecule has 3 nitrogen and oxygen atoms in total. The Kier molecular flexibility index (Phi) is 5.44. The standard InChI is InChI=1S/C16H29N3/c1-4-11-17-13(2)16-12-18-19(14(16)3)15-9-7-5-6-8-10-15/h12-13,15,17H,4-11H2,1-3H3. The van der Waals surface area contributed by atoms with Gasteiger partial charge in [-0.2, -0.15) is 5.10 Å². The fourth-order valence-electron chi connectivity index (χ4n) is 3.20. The van der Waals surface area contributed by atoms with Gasteiger partial charge in [0.1, 0.15) is 0 Å². The Labute approximate surface area is 117 Å². The number of nitrogens with one attached hydrogen (secondary N) is 1. The minimum absolute atomic E-state index is 0.416. The predicted molar refractivity (Wildman–Crippen MR) is 80.4 cm³/mol. The van der Waals surface area contributed by atoms with Crippen LogP contribution in [0.2, 0.25) is 0 Å². The number of hydrogen-bond donors (Lipinski definition) is 1. The van der Waals surface area contributed by atoms with Gasteiger partial charge in [-0.15, -0.1) is 0 Å². The van der Waals surface area contributed by atoms with Gasteiger partial charge in [0.15, 0.2) is 0 Å². The largest absolute Gasteiger partial charge is 0.310 e. The molecule has 0 aliphatic heterocycles. The van der Waals surface area contributed by atoms with Crippen molar-refractivity contribution in [3.63, 3.8) is 0 Å². The van der Waals surface area contributed by atoms with E-state index in [2.05, 4.69) is 42.1 Å². The molecule has 1 fully saturated rings. The molecule has 1 heterocycles. The summed E-state index contributed by atoms with van der Waals surface area (Å²) in [6, 6.07) is 1.05. The third-order valence-electron chi connectivity index (χ3n) is 4.42. The number of hydrogen-bond acceptors (Lipinski definition) is 2. The van der Waals surface area contributed by atoms with Crippen molar-refractivity contribution in [3.8, 4) is 0 Å². The van der Waals surface area contributed by atoms with Gasteiger partial charge in [0, 0.05) is 17.3 Å². The molecule has 0 bridgehead atoms. The second-order valence-electron chi connectivity index (χ2n) is 5.95. The first-order valence-corrected chi connectivity index (χ1v) is 8.01. The molecule has 0 saturated heterocycles. The molecule has 0 radical (unpaired) electrons. The lowest BCUT2D eigenvalue weighted by molar-refractivity contribution is 0.397. The molecule has 1 unspecified atom stereocenters. The van der Waals surface area contributed by atoms with Gasteiger partial charge in [-0.3, -0.25) is 4.68 Å². The Hall–Kier alpha value is -0.830. The summed E-state index contributed by atoms with van der Waals surface area (Å²) in [5.41, 5.74) is 2.74. The first-order valence-electron chi connectivity index (χ1n) is 8.01. The zero-order valence-corrected chi connectivity index (χ0v) is 12.8. The van der Waals surface area contributed by atoms with Crippen LogP contribution in [0.15, 0.2) is 6.20 Å². The van der Waals surface area contributed by atoms with E-state index in [1.54, 1.807) is 0 Å². The van der Waals surface area contributed by atoms with E-state index in [9.17, 15) is 0 Å². The highest BCUT2D eigenvalue weighted by atomic mass is 15.3. The Bertz CT molecular complexity index is 375. The Morgan fingerprint density at radius 1 is 1.32 bits per heavy atom. The van der Waals surface area contributed by atoms with Crippen molar-refractivity contribution in [1.29, 1.82) is 0 Å². The zero-order chi connectivity index (χ0) is 13.7. The molecule has 1 aliphatic carbocycles. The van der Waals surface area contributed by atoms with Crippen molar-refractivity contribution < 1.29 is 0 Å². The molecule has 1 saturated carbocycles. The number of aromatic nitrogens is 2. The second kappa shape index (κ2) is 7.09. The first kappa shape index (κ1) is 14.6. The minimum Gasteiger partial charge on any atom is -0.310 e. The van der Waals surface area contributed by atoms with E-state index in [1.807, 2.05) is 0 Å². The van der Waals surface area contributed by atoms with Gasteiger partial charge in [-0.05, 0) is 39.7 Å². The van der Waals surface area contributed by atoms with E-state index in [0.717, 1.165) is 6.54 Å². The third-order valence-corrected chi connectivity index (χ3v) is 4.42. The first-order chi connectivity index (χ1) is 9.24. The molecule has 108 valence electrons. The molecule has 3 heteroatoms. The van der Waals surface area contributed by atoms with Gasteiger partial charge >= 0.3 is 0 Å². The topological polar surface area (TPSA) is 29.9 Å². The molecule has 19 heavy (non-hydrogen) atoms. The van der Waals surface area contributed by atoms with Crippen LogP contribution >= 0.6 is 0 Å². The van der Waals surface area contributed by atoms with E-state index in [1.165, 1.54) is 56.2 Å². The predicted octanol–water partition coefficient (Wildman–Crippen LogP) is 4.15. The molecule has 0 spiro atoms. The van der Waals surface area contributed by atoms with Crippen molar-refractivity contribution in [2.45, 2.75) is 77.8 Å². The second-order valence-corrected chi connectivity index (χ2v) is 5.95. The van der Waals surface area contributed by atoms with Crippen molar-refractivity contribution in [1.82, 2.24) is 15.1 Å². The van der Waals surface area contributed by atoms with E-state index in [0.29, 0.717) is 12.1 Å². The molecular weight excluding hydrogens is 234 g/mol. The van der Waals surface area contributed by atoms with Gasteiger partial charge in [0.05, 0.1) is 12.2 Å². The maximum atomic E-state index is 4.69. The molecule has 2 rings (SSSR count). The number of nitrogens with zero attached hydrogens (tertiary/aromatic N) is 2. The Morgan fingerprint density at radius 2 is 2.00 bits per heavy atom. The van der Waals surface area contributed by atoms with E-state index in [4.69, 9.17) is 0 Å². The van der Waals surface area contributed by atoms with Crippen LogP contribution in [0.1, 0.15) is 82.1 Å². The van der Waals surface area contributed by atoms with E-state index >= 15 is 0 Å². The summed E-state index contributed by atoms with van der Waals surface area (Å²) in [5.74, 6) is 0. The van der Waals surface area contributed by atoms with Crippen LogP contribution in [0.5, 0.6) is 0 Å². The zero-order valence-electron chi connectivity index (χ0n) is 12.8. The molecule has 1 aromatic heterocycles. The Morgan fingerprint density at radius 3 is 2.63 bits per heavy atom. The van der Waals surface area contributed by atoms with Gasteiger partial charge < -0.3 is 5.32 Å². The fourth-order valence-corrected chi connectivity index (χ4v) is 3.20. The van der Waals surface area contributed by atoms with E-state index < -0.39 is 0 Å². The highest BCUT2D eigenvalue weighted by Crippen LogP contribution is 2.29. The lowest BCUT2D eigenvalue weighted by atomic mass is 10.1. The maximum absolute atomic E-state index is 4.69. The maximum Gasteiger partial charge on any atom is 0.0540 e. The lowest BCUT2D eigenvalue weighted by Crippen LogP contribution is -2.20. The molecule has 0 amide bonds. The smallest absolute Gasteiger partial charge is 0.0540 e. The van der Waals surface area contributed by atoms with Gasteiger partial charge in [-0.1, -0.05) is 32.6 Å². The van der Waals surface area contributed by atoms with E-state index in [-0.39, 0.29) is 0 Å². The van der Waals surface area contributed by atoms with Gasteiger partial charge in [-0.25, -0.2) is 0 Å². The molecular formula is C16H29N3. The summed E-state index contributed by atoms with van der Waals surface area (Å²) in [6.45, 7) is 7.77. The number of rotatable bonds is 5. The molecule has 0 aromatic carbocycles. The molecule has 1 aliphatic rings. The monoisotopic (exact) mass is 263 g/mol. The molecule has 1 atom stereocenters. The minimum atomic E-state index is 0.416. The van der Waals surface area contributed by atoms with Crippen molar-refractivity contribution in [2.75, 3.05) is 6.54 Å². The van der Waals surface area contributed by atoms with Crippen molar-refractivity contribution in [2.24, 2.45) is 0 Å². The van der Waals surface area contributed by atoms with Gasteiger partial charge in [0.25, 0.3) is 0 Å². The summed E-state index contributed by atoms with van der Waals surface area (Å²) in [7, 11) is 0. The van der Waals surface area contributed by atoms with Crippen LogP contribution in [0, 0.1) is 6.92 Å². The fraction of sp³-hybridized carbons (Fsp3) is 0.812. The summed E-state index contributed by atoms with van der Waals surface area (Å²) >= 11 is 0. The van der Waals surface area contributed by atoms with Crippen LogP contribution in [-0.4, -0.2) is 16.3 Å². The summed E-state index contributed by atoms with van der Waals surface area (Å²) < 4.78 is 2.30. The average molecular weight is 263 g/mol. The Balaban J connectivity index is 2.08. The van der Waals surface area contributed by atoms with Gasteiger partial charge in [0.2, 0.25) is 0 Å². The normalized spacial score (nSPS) is 19.3. The highest BCUT2D eigenvalue weighted by molar-refractivity contribution is 5.20. The summed E-state index contributed by atoms with van der Waals surface area (Å²) in [5, 5.41) is 8.25. The lowest BCUT2D eigenvalue weighted by Gasteiger charge is -2.18. The summed E-state index contributed by atoms with van der Waals surface area (Å²) in [4.78, 5) is 0. The quantitative estimate of drug-likeness (QED) is 0.809. The van der Waals surface area contributed by atoms with Crippen LogP contribution in [-0.2, 0) is 0 Å². The van der Waals surface area contributed by atoms with Crippen LogP contribution < -0.4 is 5.32 Å². The highest BCUT2D eigenvalue weighted by Gasteiger charge is 2.19. The third kappa shape index (κ3) is 3.59. The van der Waals surface area contributed by atoms with Crippen molar-refractivity contribution in [3.05, 3.63) is 17.5 Å². The van der Waals surface area contributed by atoms with Crippen LogP contribution in [0.3, 0.4) is 0 Å². The van der Waals surface area contributed by atoms with Crippen LogP contribution in [0.25, 0.3) is 0 Å². The molecule has 1 N–H and O–H groups in total. The molecule has 1 aromatic rings. The SMILES string of the molecule is CCCNC(C)c1cnn(C2CCCCCC2)c1C.